The first kappa shape index (κ1) is 9.65. The van der Waals surface area contributed by atoms with Gasteiger partial charge in [-0.25, -0.2) is 0 Å². The average molecular weight is 195 g/mol. The summed E-state index contributed by atoms with van der Waals surface area (Å²) in [4.78, 5) is 4.28. The Morgan fingerprint density at radius 2 is 2.14 bits per heavy atom. The summed E-state index contributed by atoms with van der Waals surface area (Å²) in [6, 6.07) is 0. The van der Waals surface area contributed by atoms with E-state index in [0.717, 1.165) is 31.5 Å². The van der Waals surface area contributed by atoms with Gasteiger partial charge < -0.3 is 10.3 Å². The predicted octanol–water partition coefficient (Wildman–Crippen LogP) is 1.45. The van der Waals surface area contributed by atoms with Gasteiger partial charge in [-0.05, 0) is 12.8 Å². The van der Waals surface area contributed by atoms with Gasteiger partial charge in [-0.1, -0.05) is 24.9 Å². The van der Waals surface area contributed by atoms with Crippen LogP contribution in [0.15, 0.2) is 4.52 Å². The molecule has 14 heavy (non-hydrogen) atoms. The maximum absolute atomic E-state index is 6.21. The SMILES string of the molecule is CCc1noc(CC2(N)CCCC2)n1. The topological polar surface area (TPSA) is 64.9 Å². The molecule has 1 aromatic rings. The molecule has 0 bridgehead atoms. The molecule has 1 aliphatic carbocycles. The van der Waals surface area contributed by atoms with Gasteiger partial charge in [0, 0.05) is 18.4 Å². The van der Waals surface area contributed by atoms with Crippen LogP contribution in [0.5, 0.6) is 0 Å². The second-order valence-electron chi connectivity index (χ2n) is 4.20. The third kappa shape index (κ3) is 1.95. The quantitative estimate of drug-likeness (QED) is 0.792. The Labute approximate surface area is 83.9 Å². The molecule has 1 heterocycles. The second-order valence-corrected chi connectivity index (χ2v) is 4.20. The fourth-order valence-electron chi connectivity index (χ4n) is 2.06. The van der Waals surface area contributed by atoms with Gasteiger partial charge in [-0.2, -0.15) is 4.98 Å². The van der Waals surface area contributed by atoms with E-state index < -0.39 is 0 Å². The van der Waals surface area contributed by atoms with Crippen LogP contribution in [0.25, 0.3) is 0 Å². The van der Waals surface area contributed by atoms with Crippen LogP contribution in [0.3, 0.4) is 0 Å². The monoisotopic (exact) mass is 195 g/mol. The Kier molecular flexibility index (Phi) is 2.54. The molecule has 0 atom stereocenters. The first-order chi connectivity index (χ1) is 6.72. The molecular weight excluding hydrogens is 178 g/mol. The van der Waals surface area contributed by atoms with Gasteiger partial charge in [-0.15, -0.1) is 0 Å². The highest BCUT2D eigenvalue weighted by molar-refractivity contribution is 4.98. The zero-order chi connectivity index (χ0) is 10.0. The molecule has 0 amide bonds. The van der Waals surface area contributed by atoms with Crippen molar-refractivity contribution in [1.82, 2.24) is 10.1 Å². The molecule has 1 saturated carbocycles. The molecule has 78 valence electrons. The highest BCUT2D eigenvalue weighted by Crippen LogP contribution is 2.29. The number of nitrogens with zero attached hydrogens (tertiary/aromatic N) is 2. The predicted molar refractivity (Wildman–Crippen MR) is 52.8 cm³/mol. The van der Waals surface area contributed by atoms with Crippen molar-refractivity contribution < 1.29 is 4.52 Å². The van der Waals surface area contributed by atoms with Gasteiger partial charge in [0.15, 0.2) is 5.82 Å². The zero-order valence-corrected chi connectivity index (χ0v) is 8.62. The third-order valence-corrected chi connectivity index (χ3v) is 2.93. The molecule has 4 nitrogen and oxygen atoms in total. The summed E-state index contributed by atoms with van der Waals surface area (Å²) in [6.45, 7) is 2.02. The largest absolute Gasteiger partial charge is 0.339 e. The summed E-state index contributed by atoms with van der Waals surface area (Å²) < 4.78 is 5.14. The van der Waals surface area contributed by atoms with Crippen molar-refractivity contribution in [2.45, 2.75) is 51.0 Å². The minimum absolute atomic E-state index is 0.0858. The number of nitrogens with two attached hydrogens (primary N) is 1. The number of hydrogen-bond acceptors (Lipinski definition) is 4. The van der Waals surface area contributed by atoms with E-state index in [0.29, 0.717) is 5.89 Å². The highest BCUT2D eigenvalue weighted by atomic mass is 16.5. The van der Waals surface area contributed by atoms with Gasteiger partial charge in [0.05, 0.1) is 0 Å². The molecule has 0 saturated heterocycles. The van der Waals surface area contributed by atoms with Crippen LogP contribution in [-0.2, 0) is 12.8 Å². The first-order valence-corrected chi connectivity index (χ1v) is 5.32. The maximum Gasteiger partial charge on any atom is 0.228 e. The van der Waals surface area contributed by atoms with Crippen molar-refractivity contribution in [3.63, 3.8) is 0 Å². The molecule has 1 aliphatic rings. The van der Waals surface area contributed by atoms with Crippen molar-refractivity contribution in [3.8, 4) is 0 Å². The second kappa shape index (κ2) is 3.69. The van der Waals surface area contributed by atoms with Crippen LogP contribution in [0, 0.1) is 0 Å². The number of aromatic nitrogens is 2. The van der Waals surface area contributed by atoms with Gasteiger partial charge in [-0.3, -0.25) is 0 Å². The first-order valence-electron chi connectivity index (χ1n) is 5.32. The molecule has 1 aromatic heterocycles. The third-order valence-electron chi connectivity index (χ3n) is 2.93. The average Bonchev–Trinajstić information content (AvgIpc) is 2.75. The van der Waals surface area contributed by atoms with Crippen LogP contribution >= 0.6 is 0 Å². The minimum atomic E-state index is -0.0858. The van der Waals surface area contributed by atoms with Crippen LogP contribution in [0.1, 0.15) is 44.3 Å². The van der Waals surface area contributed by atoms with Gasteiger partial charge in [0.25, 0.3) is 0 Å². The minimum Gasteiger partial charge on any atom is -0.339 e. The van der Waals surface area contributed by atoms with Crippen LogP contribution in [-0.4, -0.2) is 15.7 Å². The van der Waals surface area contributed by atoms with Crippen molar-refractivity contribution in [1.29, 1.82) is 0 Å². The summed E-state index contributed by atoms with van der Waals surface area (Å²) in [7, 11) is 0. The number of hydrogen-bond donors (Lipinski definition) is 1. The van der Waals surface area contributed by atoms with E-state index in [9.17, 15) is 0 Å². The van der Waals surface area contributed by atoms with E-state index >= 15 is 0 Å². The molecular formula is C10H17N3O. The van der Waals surface area contributed by atoms with E-state index in [2.05, 4.69) is 10.1 Å². The standard InChI is InChI=1S/C10H17N3O/c1-2-8-12-9(14-13-8)7-10(11)5-3-4-6-10/h2-7,11H2,1H3. The van der Waals surface area contributed by atoms with Crippen LogP contribution < -0.4 is 5.73 Å². The summed E-state index contributed by atoms with van der Waals surface area (Å²) in [5, 5.41) is 3.87. The Hall–Kier alpha value is -0.900. The molecule has 1 fully saturated rings. The van der Waals surface area contributed by atoms with Gasteiger partial charge >= 0.3 is 0 Å². The maximum atomic E-state index is 6.21. The summed E-state index contributed by atoms with van der Waals surface area (Å²) in [5.41, 5.74) is 6.13. The van der Waals surface area contributed by atoms with E-state index in [1.165, 1.54) is 12.8 Å². The summed E-state index contributed by atoms with van der Waals surface area (Å²) in [6.07, 6.45) is 6.17. The Morgan fingerprint density at radius 3 is 2.71 bits per heavy atom. The van der Waals surface area contributed by atoms with Crippen LogP contribution in [0.4, 0.5) is 0 Å². The van der Waals surface area contributed by atoms with Crippen molar-refractivity contribution in [2.75, 3.05) is 0 Å². The van der Waals surface area contributed by atoms with E-state index in [-0.39, 0.29) is 5.54 Å². The molecule has 0 radical (unpaired) electrons. The molecule has 0 aliphatic heterocycles. The molecule has 2 rings (SSSR count). The van der Waals surface area contributed by atoms with E-state index in [4.69, 9.17) is 10.3 Å². The van der Waals surface area contributed by atoms with Gasteiger partial charge in [0.2, 0.25) is 5.89 Å². The Bertz CT molecular complexity index is 302. The van der Waals surface area contributed by atoms with Gasteiger partial charge in [0.1, 0.15) is 0 Å². The van der Waals surface area contributed by atoms with Crippen molar-refractivity contribution >= 4 is 0 Å². The molecule has 4 heteroatoms. The zero-order valence-electron chi connectivity index (χ0n) is 8.62. The fraction of sp³-hybridized carbons (Fsp3) is 0.800. The summed E-state index contributed by atoms with van der Waals surface area (Å²) >= 11 is 0. The van der Waals surface area contributed by atoms with E-state index in [1.54, 1.807) is 0 Å². The normalized spacial score (nSPS) is 20.1. The Morgan fingerprint density at radius 1 is 1.43 bits per heavy atom. The Balaban J connectivity index is 2.02. The molecule has 0 unspecified atom stereocenters. The lowest BCUT2D eigenvalue weighted by atomic mass is 9.95. The highest BCUT2D eigenvalue weighted by Gasteiger charge is 2.31. The number of rotatable bonds is 3. The molecule has 2 N–H and O–H groups in total. The van der Waals surface area contributed by atoms with Crippen molar-refractivity contribution in [3.05, 3.63) is 11.7 Å². The lowest BCUT2D eigenvalue weighted by molar-refractivity contribution is 0.327. The lowest BCUT2D eigenvalue weighted by Gasteiger charge is -2.20. The number of aryl methyl sites for hydroxylation is 1. The summed E-state index contributed by atoms with van der Waals surface area (Å²) in [5.74, 6) is 1.48. The van der Waals surface area contributed by atoms with Crippen LogP contribution in [0.2, 0.25) is 0 Å². The fourth-order valence-corrected chi connectivity index (χ4v) is 2.06. The van der Waals surface area contributed by atoms with E-state index in [1.807, 2.05) is 6.92 Å². The lowest BCUT2D eigenvalue weighted by Crippen LogP contribution is -2.38. The molecule has 0 aromatic carbocycles. The molecule has 0 spiro atoms. The smallest absolute Gasteiger partial charge is 0.228 e. The van der Waals surface area contributed by atoms with Crippen molar-refractivity contribution in [2.24, 2.45) is 5.73 Å².